The van der Waals surface area contributed by atoms with Crippen molar-refractivity contribution < 1.29 is 4.79 Å². The van der Waals surface area contributed by atoms with Gasteiger partial charge in [-0.05, 0) is 43.4 Å². The Morgan fingerprint density at radius 3 is 2.83 bits per heavy atom. The zero-order valence-corrected chi connectivity index (χ0v) is 14.0. The number of carbonyl (C=O) groups is 1. The number of benzene rings is 1. The molecule has 1 aromatic rings. The second-order valence-electron chi connectivity index (χ2n) is 6.32. The van der Waals surface area contributed by atoms with Crippen LogP contribution in [0, 0.1) is 12.8 Å². The molecule has 1 aliphatic rings. The van der Waals surface area contributed by atoms with E-state index < -0.39 is 0 Å². The molecule has 0 aliphatic heterocycles. The highest BCUT2D eigenvalue weighted by Crippen LogP contribution is 2.25. The summed E-state index contributed by atoms with van der Waals surface area (Å²) in [7, 11) is 0. The Morgan fingerprint density at radius 2 is 2.09 bits per heavy atom. The summed E-state index contributed by atoms with van der Waals surface area (Å²) in [5, 5.41) is 5.98. The van der Waals surface area contributed by atoms with Gasteiger partial charge in [-0.15, -0.1) is 0 Å². The summed E-state index contributed by atoms with van der Waals surface area (Å²) >= 11 is 0. The quantitative estimate of drug-likeness (QED) is 0.429. The van der Waals surface area contributed by atoms with Crippen molar-refractivity contribution in [2.24, 2.45) is 16.6 Å². The number of hydrogen-bond acceptors (Lipinski definition) is 2. The van der Waals surface area contributed by atoms with Crippen LogP contribution in [0.25, 0.3) is 0 Å². The number of amides is 1. The Balaban J connectivity index is 1.64. The average molecular weight is 316 g/mol. The molecule has 0 spiro atoms. The first kappa shape index (κ1) is 17.3. The molecule has 1 fully saturated rings. The summed E-state index contributed by atoms with van der Waals surface area (Å²) < 4.78 is 0. The van der Waals surface area contributed by atoms with Gasteiger partial charge in [0.15, 0.2) is 5.96 Å². The van der Waals surface area contributed by atoms with E-state index in [2.05, 4.69) is 15.6 Å². The molecule has 2 rings (SSSR count). The maximum absolute atomic E-state index is 11.9. The molecule has 1 aromatic carbocycles. The van der Waals surface area contributed by atoms with Crippen LogP contribution in [0.4, 0.5) is 5.69 Å². The second kappa shape index (κ2) is 9.18. The van der Waals surface area contributed by atoms with Crippen LogP contribution < -0.4 is 16.4 Å². The van der Waals surface area contributed by atoms with Gasteiger partial charge in [0.1, 0.15) is 0 Å². The molecule has 126 valence electrons. The van der Waals surface area contributed by atoms with E-state index in [4.69, 9.17) is 5.73 Å². The maximum atomic E-state index is 11.9. The van der Waals surface area contributed by atoms with Crippen molar-refractivity contribution in [2.45, 2.75) is 45.4 Å². The number of rotatable bonds is 6. The lowest BCUT2D eigenvalue weighted by molar-refractivity contribution is -0.122. The first-order valence-electron chi connectivity index (χ1n) is 8.54. The third-order valence-electron chi connectivity index (χ3n) is 4.21. The zero-order chi connectivity index (χ0) is 16.5. The lowest BCUT2D eigenvalue weighted by Gasteiger charge is -2.20. The predicted molar refractivity (Wildman–Crippen MR) is 95.5 cm³/mol. The molecule has 0 bridgehead atoms. The molecule has 1 aliphatic carbocycles. The molecule has 0 aromatic heterocycles. The number of aryl methyl sites for hydroxylation is 1. The molecule has 4 N–H and O–H groups in total. The predicted octanol–water partition coefficient (Wildman–Crippen LogP) is 2.81. The van der Waals surface area contributed by atoms with Gasteiger partial charge in [-0.3, -0.25) is 9.79 Å². The van der Waals surface area contributed by atoms with Gasteiger partial charge in [-0.25, -0.2) is 0 Å². The van der Waals surface area contributed by atoms with Crippen LogP contribution in [-0.2, 0) is 4.79 Å². The molecular weight excluding hydrogens is 288 g/mol. The van der Waals surface area contributed by atoms with Crippen molar-refractivity contribution in [1.82, 2.24) is 5.32 Å². The molecule has 0 unspecified atom stereocenters. The Kier molecular flexibility index (Phi) is 6.91. The SMILES string of the molecule is Cc1cccc(NC(N)=NCCNC(=O)CC2CCCCC2)c1. The third kappa shape index (κ3) is 6.72. The number of nitrogens with one attached hydrogen (secondary N) is 2. The summed E-state index contributed by atoms with van der Waals surface area (Å²) in [4.78, 5) is 16.1. The minimum absolute atomic E-state index is 0.136. The van der Waals surface area contributed by atoms with Gasteiger partial charge in [-0.2, -0.15) is 0 Å². The monoisotopic (exact) mass is 316 g/mol. The maximum Gasteiger partial charge on any atom is 0.220 e. The largest absolute Gasteiger partial charge is 0.370 e. The normalized spacial score (nSPS) is 16.1. The van der Waals surface area contributed by atoms with Crippen molar-refractivity contribution in [3.8, 4) is 0 Å². The molecule has 5 heteroatoms. The molecular formula is C18H28N4O. The van der Waals surface area contributed by atoms with Gasteiger partial charge >= 0.3 is 0 Å². The number of guanidine groups is 1. The summed E-state index contributed by atoms with van der Waals surface area (Å²) in [6.45, 7) is 3.04. The van der Waals surface area contributed by atoms with Gasteiger partial charge in [0.2, 0.25) is 5.91 Å². The Morgan fingerprint density at radius 1 is 1.30 bits per heavy atom. The first-order valence-corrected chi connectivity index (χ1v) is 8.54. The van der Waals surface area contributed by atoms with E-state index in [0.29, 0.717) is 31.4 Å². The topological polar surface area (TPSA) is 79.5 Å². The van der Waals surface area contributed by atoms with E-state index in [1.807, 2.05) is 31.2 Å². The molecule has 5 nitrogen and oxygen atoms in total. The lowest BCUT2D eigenvalue weighted by Crippen LogP contribution is -2.30. The molecule has 0 radical (unpaired) electrons. The van der Waals surface area contributed by atoms with Gasteiger partial charge < -0.3 is 16.4 Å². The summed E-state index contributed by atoms with van der Waals surface area (Å²) in [5.41, 5.74) is 7.94. The van der Waals surface area contributed by atoms with Gasteiger partial charge in [0.05, 0.1) is 6.54 Å². The Bertz CT molecular complexity index is 536. The fourth-order valence-corrected chi connectivity index (χ4v) is 3.01. The summed E-state index contributed by atoms with van der Waals surface area (Å²) in [6.07, 6.45) is 6.89. The van der Waals surface area contributed by atoms with E-state index in [9.17, 15) is 4.79 Å². The lowest BCUT2D eigenvalue weighted by atomic mass is 9.87. The third-order valence-corrected chi connectivity index (χ3v) is 4.21. The van der Waals surface area contributed by atoms with Crippen molar-refractivity contribution in [2.75, 3.05) is 18.4 Å². The number of nitrogens with two attached hydrogens (primary N) is 1. The highest BCUT2D eigenvalue weighted by Gasteiger charge is 2.16. The number of aliphatic imine (C=N–C) groups is 1. The standard InChI is InChI=1S/C18H28N4O/c1-14-6-5-9-16(12-14)22-18(19)21-11-10-20-17(23)13-15-7-3-2-4-8-15/h5-6,9,12,15H,2-4,7-8,10-11,13H2,1H3,(H,20,23)(H3,19,21,22). The van der Waals surface area contributed by atoms with E-state index in [-0.39, 0.29) is 5.91 Å². The van der Waals surface area contributed by atoms with Gasteiger partial charge in [0, 0.05) is 18.7 Å². The van der Waals surface area contributed by atoms with Crippen molar-refractivity contribution in [3.05, 3.63) is 29.8 Å². The minimum Gasteiger partial charge on any atom is -0.370 e. The van der Waals surface area contributed by atoms with Crippen molar-refractivity contribution in [3.63, 3.8) is 0 Å². The Hall–Kier alpha value is -2.04. The fourth-order valence-electron chi connectivity index (χ4n) is 3.01. The number of hydrogen-bond donors (Lipinski definition) is 3. The molecule has 0 heterocycles. The number of carbonyl (C=O) groups excluding carboxylic acids is 1. The highest BCUT2D eigenvalue weighted by molar-refractivity contribution is 5.92. The molecule has 0 atom stereocenters. The zero-order valence-electron chi connectivity index (χ0n) is 14.0. The van der Waals surface area contributed by atoms with E-state index in [0.717, 1.165) is 11.3 Å². The fraction of sp³-hybridized carbons (Fsp3) is 0.556. The minimum atomic E-state index is 0.136. The summed E-state index contributed by atoms with van der Waals surface area (Å²) in [6, 6.07) is 7.95. The van der Waals surface area contributed by atoms with Crippen LogP contribution in [0.3, 0.4) is 0 Å². The Labute approximate surface area is 138 Å². The van der Waals surface area contributed by atoms with Crippen LogP contribution in [0.5, 0.6) is 0 Å². The molecule has 0 saturated heterocycles. The van der Waals surface area contributed by atoms with E-state index >= 15 is 0 Å². The molecule has 1 amide bonds. The first-order chi connectivity index (χ1) is 11.1. The number of anilines is 1. The second-order valence-corrected chi connectivity index (χ2v) is 6.32. The smallest absolute Gasteiger partial charge is 0.220 e. The van der Waals surface area contributed by atoms with Crippen LogP contribution in [0.1, 0.15) is 44.1 Å². The van der Waals surface area contributed by atoms with Gasteiger partial charge in [0.25, 0.3) is 0 Å². The van der Waals surface area contributed by atoms with Crippen LogP contribution in [0.2, 0.25) is 0 Å². The average Bonchev–Trinajstić information content (AvgIpc) is 2.52. The van der Waals surface area contributed by atoms with Crippen molar-refractivity contribution in [1.29, 1.82) is 0 Å². The van der Waals surface area contributed by atoms with Gasteiger partial charge in [-0.1, -0.05) is 31.4 Å². The van der Waals surface area contributed by atoms with Crippen LogP contribution >= 0.6 is 0 Å². The van der Waals surface area contributed by atoms with Crippen LogP contribution in [-0.4, -0.2) is 25.0 Å². The number of nitrogens with zero attached hydrogens (tertiary/aromatic N) is 1. The van der Waals surface area contributed by atoms with Crippen molar-refractivity contribution >= 4 is 17.6 Å². The summed E-state index contributed by atoms with van der Waals surface area (Å²) in [5.74, 6) is 1.08. The highest BCUT2D eigenvalue weighted by atomic mass is 16.1. The molecule has 23 heavy (non-hydrogen) atoms. The van der Waals surface area contributed by atoms with E-state index in [1.54, 1.807) is 0 Å². The van der Waals surface area contributed by atoms with Crippen LogP contribution in [0.15, 0.2) is 29.3 Å². The van der Waals surface area contributed by atoms with E-state index in [1.165, 1.54) is 32.1 Å². The molecule has 1 saturated carbocycles.